The van der Waals surface area contributed by atoms with Crippen LogP contribution in [-0.4, -0.2) is 32.8 Å². The molecule has 8 heteroatoms. The van der Waals surface area contributed by atoms with Crippen LogP contribution < -0.4 is 4.90 Å². The lowest BCUT2D eigenvalue weighted by Gasteiger charge is -2.21. The third-order valence-corrected chi connectivity index (χ3v) is 5.29. The highest BCUT2D eigenvalue weighted by molar-refractivity contribution is 5.98. The Balaban J connectivity index is 1.77. The first kappa shape index (κ1) is 19.7. The van der Waals surface area contributed by atoms with E-state index in [-0.39, 0.29) is 30.4 Å². The topological polar surface area (TPSA) is 98.3 Å². The Kier molecular flexibility index (Phi) is 5.58. The molecule has 1 aromatic heterocycles. The summed E-state index contributed by atoms with van der Waals surface area (Å²) < 4.78 is 0.970. The summed E-state index contributed by atoms with van der Waals surface area (Å²) in [6.45, 7) is 6.30. The summed E-state index contributed by atoms with van der Waals surface area (Å²) in [7, 11) is 0. The molecule has 1 aliphatic heterocycles. The Bertz CT molecular complexity index is 948. The van der Waals surface area contributed by atoms with Gasteiger partial charge in [0, 0.05) is 19.9 Å². The predicted octanol–water partition coefficient (Wildman–Crippen LogP) is 3.23. The molecular formula is C20H24N4O4. The summed E-state index contributed by atoms with van der Waals surface area (Å²) in [5, 5.41) is 11.1. The molecule has 2 heterocycles. The van der Waals surface area contributed by atoms with Crippen LogP contribution in [0.1, 0.15) is 54.0 Å². The average molecular weight is 384 g/mol. The number of nitro groups is 1. The Morgan fingerprint density at radius 2 is 1.79 bits per heavy atom. The second-order valence-corrected chi connectivity index (χ2v) is 6.86. The molecule has 0 fully saturated rings. The molecule has 3 rings (SSSR count). The van der Waals surface area contributed by atoms with Crippen molar-refractivity contribution >= 4 is 23.3 Å². The number of imidazole rings is 1. The van der Waals surface area contributed by atoms with Crippen LogP contribution in [-0.2, 0) is 24.1 Å². The van der Waals surface area contributed by atoms with Gasteiger partial charge in [-0.05, 0) is 40.9 Å². The van der Waals surface area contributed by atoms with E-state index >= 15 is 0 Å². The molecular weight excluding hydrogens is 360 g/mol. The van der Waals surface area contributed by atoms with Crippen molar-refractivity contribution in [3.63, 3.8) is 0 Å². The van der Waals surface area contributed by atoms with Crippen molar-refractivity contribution in [2.75, 3.05) is 11.4 Å². The van der Waals surface area contributed by atoms with Crippen molar-refractivity contribution in [2.24, 2.45) is 0 Å². The van der Waals surface area contributed by atoms with Crippen LogP contribution in [0.3, 0.4) is 0 Å². The number of hydrogen-bond acceptors (Lipinski definition) is 5. The lowest BCUT2D eigenvalue weighted by Crippen LogP contribution is -2.30. The molecule has 2 aromatic rings. The summed E-state index contributed by atoms with van der Waals surface area (Å²) in [6.07, 6.45) is 3.53. The SMILES string of the molecule is CCc1ccc(CC)c2c1CCN2C(=O)CCC(=O)n1c([N+](=O)[O-])cnc1C. The summed E-state index contributed by atoms with van der Waals surface area (Å²) in [6, 6.07) is 4.21. The van der Waals surface area contributed by atoms with Gasteiger partial charge in [-0.1, -0.05) is 26.0 Å². The maximum atomic E-state index is 12.9. The van der Waals surface area contributed by atoms with Gasteiger partial charge in [0.05, 0.1) is 12.1 Å². The van der Waals surface area contributed by atoms with E-state index in [4.69, 9.17) is 0 Å². The largest absolute Gasteiger partial charge is 0.358 e. The molecule has 28 heavy (non-hydrogen) atoms. The minimum Gasteiger partial charge on any atom is -0.358 e. The summed E-state index contributed by atoms with van der Waals surface area (Å²) >= 11 is 0. The molecule has 1 aromatic carbocycles. The van der Waals surface area contributed by atoms with Crippen LogP contribution in [0.5, 0.6) is 0 Å². The maximum absolute atomic E-state index is 12.9. The van der Waals surface area contributed by atoms with Crippen molar-refractivity contribution in [1.82, 2.24) is 9.55 Å². The molecule has 0 unspecified atom stereocenters. The zero-order valence-corrected chi connectivity index (χ0v) is 16.4. The van der Waals surface area contributed by atoms with Gasteiger partial charge in [0.1, 0.15) is 6.20 Å². The molecule has 0 radical (unpaired) electrons. The van der Waals surface area contributed by atoms with E-state index in [0.717, 1.165) is 41.3 Å². The van der Waals surface area contributed by atoms with Gasteiger partial charge in [-0.15, -0.1) is 4.57 Å². The van der Waals surface area contributed by atoms with Gasteiger partial charge in [-0.25, -0.2) is 9.78 Å². The van der Waals surface area contributed by atoms with Crippen molar-refractivity contribution in [3.8, 4) is 0 Å². The lowest BCUT2D eigenvalue weighted by atomic mass is 9.98. The number of rotatable bonds is 6. The van der Waals surface area contributed by atoms with Crippen LogP contribution >= 0.6 is 0 Å². The highest BCUT2D eigenvalue weighted by Crippen LogP contribution is 2.35. The fraction of sp³-hybridized carbons (Fsp3) is 0.450. The van der Waals surface area contributed by atoms with E-state index in [0.29, 0.717) is 6.54 Å². The Morgan fingerprint density at radius 3 is 2.43 bits per heavy atom. The van der Waals surface area contributed by atoms with Gasteiger partial charge in [0.25, 0.3) is 0 Å². The number of aryl methyl sites for hydroxylation is 3. The lowest BCUT2D eigenvalue weighted by molar-refractivity contribution is -0.390. The number of benzene rings is 1. The molecule has 0 N–H and O–H groups in total. The molecule has 0 saturated carbocycles. The van der Waals surface area contributed by atoms with Gasteiger partial charge in [0.15, 0.2) is 0 Å². The number of hydrogen-bond donors (Lipinski definition) is 0. The molecule has 0 bridgehead atoms. The van der Waals surface area contributed by atoms with Crippen molar-refractivity contribution in [2.45, 2.75) is 52.9 Å². The molecule has 0 saturated heterocycles. The standard InChI is InChI=1S/C20H24N4O4/c1-4-14-6-7-15(5-2)20-16(14)10-11-22(20)18(25)8-9-19(26)23-13(3)21-12-17(23)24(27)28/h6-7,12H,4-5,8-11H2,1-3H3. The first-order valence-electron chi connectivity index (χ1n) is 9.54. The zero-order chi connectivity index (χ0) is 20.4. The Hall–Kier alpha value is -3.03. The first-order chi connectivity index (χ1) is 13.4. The summed E-state index contributed by atoms with van der Waals surface area (Å²) in [4.78, 5) is 41.4. The Morgan fingerprint density at radius 1 is 1.14 bits per heavy atom. The van der Waals surface area contributed by atoms with E-state index in [1.165, 1.54) is 18.1 Å². The van der Waals surface area contributed by atoms with Crippen LogP contribution in [0.25, 0.3) is 0 Å². The minimum atomic E-state index is -0.643. The second kappa shape index (κ2) is 7.92. The van der Waals surface area contributed by atoms with E-state index in [1.807, 2.05) is 0 Å². The molecule has 1 amide bonds. The quantitative estimate of drug-likeness (QED) is 0.562. The van der Waals surface area contributed by atoms with Gasteiger partial charge >= 0.3 is 11.7 Å². The van der Waals surface area contributed by atoms with Crippen molar-refractivity contribution in [1.29, 1.82) is 0 Å². The van der Waals surface area contributed by atoms with E-state index < -0.39 is 10.8 Å². The highest BCUT2D eigenvalue weighted by Gasteiger charge is 2.30. The zero-order valence-electron chi connectivity index (χ0n) is 16.4. The number of carbonyl (C=O) groups excluding carboxylic acids is 2. The number of fused-ring (bicyclic) bond motifs is 1. The fourth-order valence-corrected chi connectivity index (χ4v) is 3.87. The van der Waals surface area contributed by atoms with Crippen molar-refractivity contribution < 1.29 is 14.5 Å². The van der Waals surface area contributed by atoms with Crippen LogP contribution in [0.4, 0.5) is 11.5 Å². The van der Waals surface area contributed by atoms with Crippen LogP contribution in [0.2, 0.25) is 0 Å². The number of nitrogens with zero attached hydrogens (tertiary/aromatic N) is 4. The Labute approximate surface area is 163 Å². The summed E-state index contributed by atoms with van der Waals surface area (Å²) in [5.41, 5.74) is 4.60. The second-order valence-electron chi connectivity index (χ2n) is 6.86. The fourth-order valence-electron chi connectivity index (χ4n) is 3.87. The molecule has 0 atom stereocenters. The minimum absolute atomic E-state index is 0.00650. The van der Waals surface area contributed by atoms with E-state index in [1.54, 1.807) is 4.90 Å². The average Bonchev–Trinajstić information content (AvgIpc) is 3.29. The van der Waals surface area contributed by atoms with Crippen molar-refractivity contribution in [3.05, 3.63) is 51.0 Å². The molecule has 0 aliphatic carbocycles. The van der Waals surface area contributed by atoms with Gasteiger partial charge in [0.2, 0.25) is 11.7 Å². The smallest absolute Gasteiger partial charge is 0.350 e. The predicted molar refractivity (Wildman–Crippen MR) is 105 cm³/mol. The maximum Gasteiger partial charge on any atom is 0.350 e. The molecule has 148 valence electrons. The van der Waals surface area contributed by atoms with E-state index in [2.05, 4.69) is 31.0 Å². The number of amides is 1. The normalized spacial score (nSPS) is 12.9. The first-order valence-corrected chi connectivity index (χ1v) is 9.54. The van der Waals surface area contributed by atoms with E-state index in [9.17, 15) is 19.7 Å². The van der Waals surface area contributed by atoms with Crippen LogP contribution in [0.15, 0.2) is 18.3 Å². The number of aromatic nitrogens is 2. The number of carbonyl (C=O) groups is 2. The van der Waals surface area contributed by atoms with Gasteiger partial charge in [-0.3, -0.25) is 4.79 Å². The van der Waals surface area contributed by atoms with Gasteiger partial charge < -0.3 is 15.0 Å². The third kappa shape index (κ3) is 3.42. The molecule has 1 aliphatic rings. The molecule has 8 nitrogen and oxygen atoms in total. The highest BCUT2D eigenvalue weighted by atomic mass is 16.6. The number of anilines is 1. The van der Waals surface area contributed by atoms with Gasteiger partial charge in [-0.2, -0.15) is 0 Å². The monoisotopic (exact) mass is 384 g/mol. The summed E-state index contributed by atoms with van der Waals surface area (Å²) in [5.74, 6) is -0.748. The third-order valence-electron chi connectivity index (χ3n) is 5.29. The molecule has 0 spiro atoms. The van der Waals surface area contributed by atoms with Crippen LogP contribution in [0, 0.1) is 17.0 Å².